The molecule has 0 saturated heterocycles. The van der Waals surface area contributed by atoms with Crippen LogP contribution < -0.4 is 4.74 Å². The second-order valence-corrected chi connectivity index (χ2v) is 5.69. The van der Waals surface area contributed by atoms with Gasteiger partial charge in [0.25, 0.3) is 0 Å². The van der Waals surface area contributed by atoms with Crippen LogP contribution in [0.5, 0.6) is 5.75 Å². The summed E-state index contributed by atoms with van der Waals surface area (Å²) < 4.78 is 5.55. The van der Waals surface area contributed by atoms with E-state index in [0.29, 0.717) is 0 Å². The number of aryl methyl sites for hydroxylation is 1. The van der Waals surface area contributed by atoms with Crippen LogP contribution in [-0.4, -0.2) is 6.61 Å². The third-order valence-corrected chi connectivity index (χ3v) is 3.50. The summed E-state index contributed by atoms with van der Waals surface area (Å²) in [6, 6.07) is 16.3. The second kappa shape index (κ2) is 10.8. The van der Waals surface area contributed by atoms with E-state index in [4.69, 9.17) is 4.74 Å². The van der Waals surface area contributed by atoms with Crippen molar-refractivity contribution in [1.29, 1.82) is 0 Å². The molecule has 25 heavy (non-hydrogen) atoms. The summed E-state index contributed by atoms with van der Waals surface area (Å²) in [5, 5.41) is 0. The fourth-order valence-corrected chi connectivity index (χ4v) is 2.23. The lowest BCUT2D eigenvalue weighted by Gasteiger charge is -2.03. The second-order valence-electron chi connectivity index (χ2n) is 5.69. The van der Waals surface area contributed by atoms with E-state index in [1.54, 1.807) is 12.2 Å². The van der Waals surface area contributed by atoms with Gasteiger partial charge in [0.1, 0.15) is 5.75 Å². The number of allylic oxidation sites excluding steroid dienone is 2. The van der Waals surface area contributed by atoms with E-state index >= 15 is 0 Å². The lowest BCUT2D eigenvalue weighted by atomic mass is 10.1. The molecule has 0 spiro atoms. The predicted molar refractivity (Wildman–Crippen MR) is 106 cm³/mol. The normalized spacial score (nSPS) is 9.84. The largest absolute Gasteiger partial charge is 0.494 e. The highest BCUT2D eigenvalue weighted by Gasteiger charge is 1.92. The Labute approximate surface area is 151 Å². The van der Waals surface area contributed by atoms with Gasteiger partial charge in [0.2, 0.25) is 0 Å². The van der Waals surface area contributed by atoms with E-state index in [1.807, 2.05) is 24.3 Å². The first-order chi connectivity index (χ1) is 12.3. The van der Waals surface area contributed by atoms with Crippen LogP contribution in [0, 0.1) is 23.7 Å². The fraction of sp³-hybridized carbons (Fsp3) is 0.250. The molecule has 1 heteroatoms. The van der Waals surface area contributed by atoms with E-state index in [1.165, 1.54) is 12.0 Å². The van der Waals surface area contributed by atoms with Crippen molar-refractivity contribution in [2.75, 3.05) is 6.61 Å². The third kappa shape index (κ3) is 7.03. The zero-order chi connectivity index (χ0) is 17.7. The Kier molecular flexibility index (Phi) is 7.96. The number of hydrogen-bond acceptors (Lipinski definition) is 1. The molecule has 2 aromatic rings. The predicted octanol–water partition coefficient (Wildman–Crippen LogP) is 5.39. The Morgan fingerprint density at radius 1 is 0.760 bits per heavy atom. The van der Waals surface area contributed by atoms with Crippen molar-refractivity contribution in [2.45, 2.75) is 33.1 Å². The van der Waals surface area contributed by atoms with Crippen molar-refractivity contribution in [2.24, 2.45) is 0 Å². The fourth-order valence-electron chi connectivity index (χ4n) is 2.23. The van der Waals surface area contributed by atoms with Gasteiger partial charge < -0.3 is 4.74 Å². The number of ether oxygens (including phenoxy) is 1. The molecule has 126 valence electrons. The zero-order valence-corrected chi connectivity index (χ0v) is 15.0. The summed E-state index contributed by atoms with van der Waals surface area (Å²) in [5.41, 5.74) is 3.36. The molecular weight excluding hydrogens is 304 g/mol. The van der Waals surface area contributed by atoms with Crippen molar-refractivity contribution >= 4 is 0 Å². The maximum atomic E-state index is 5.55. The van der Waals surface area contributed by atoms with E-state index in [0.717, 1.165) is 36.3 Å². The van der Waals surface area contributed by atoms with Gasteiger partial charge in [-0.25, -0.2) is 0 Å². The molecule has 2 aromatic carbocycles. The number of hydrogen-bond donors (Lipinski definition) is 0. The molecule has 0 heterocycles. The molecule has 0 aliphatic heterocycles. The van der Waals surface area contributed by atoms with Crippen LogP contribution in [0.2, 0.25) is 0 Å². The van der Waals surface area contributed by atoms with Gasteiger partial charge in [0.05, 0.1) is 6.61 Å². The molecule has 0 unspecified atom stereocenters. The molecule has 0 aliphatic rings. The van der Waals surface area contributed by atoms with Gasteiger partial charge in [0.15, 0.2) is 0 Å². The summed E-state index contributed by atoms with van der Waals surface area (Å²) in [4.78, 5) is 0. The third-order valence-electron chi connectivity index (χ3n) is 3.50. The van der Waals surface area contributed by atoms with Gasteiger partial charge in [-0.15, -0.1) is 0 Å². The molecule has 0 aliphatic carbocycles. The smallest absolute Gasteiger partial charge is 0.119 e. The first kappa shape index (κ1) is 18.4. The molecule has 0 saturated carbocycles. The monoisotopic (exact) mass is 328 g/mol. The molecule has 0 amide bonds. The lowest BCUT2D eigenvalue weighted by molar-refractivity contribution is 0.317. The van der Waals surface area contributed by atoms with Crippen LogP contribution in [0.3, 0.4) is 0 Å². The summed E-state index contributed by atoms with van der Waals surface area (Å²) in [6.45, 7) is 5.03. The molecule has 0 aromatic heterocycles. The summed E-state index contributed by atoms with van der Waals surface area (Å²) in [6.07, 6.45) is 6.86. The van der Waals surface area contributed by atoms with Crippen LogP contribution in [0.25, 0.3) is 0 Å². The molecular formula is C24H24O. The van der Waals surface area contributed by atoms with Gasteiger partial charge in [-0.05, 0) is 67.0 Å². The van der Waals surface area contributed by atoms with E-state index in [-0.39, 0.29) is 0 Å². The van der Waals surface area contributed by atoms with Gasteiger partial charge in [-0.2, -0.15) is 0 Å². The van der Waals surface area contributed by atoms with Crippen molar-refractivity contribution < 1.29 is 4.74 Å². The van der Waals surface area contributed by atoms with Gasteiger partial charge in [-0.3, -0.25) is 0 Å². The highest BCUT2D eigenvalue weighted by atomic mass is 16.5. The van der Waals surface area contributed by atoms with Gasteiger partial charge >= 0.3 is 0 Å². The molecule has 0 bridgehead atoms. The molecule has 2 rings (SSSR count). The molecule has 0 atom stereocenters. The van der Waals surface area contributed by atoms with Crippen LogP contribution in [0.1, 0.15) is 43.4 Å². The number of rotatable bonds is 5. The lowest BCUT2D eigenvalue weighted by Crippen LogP contribution is -1.94. The quantitative estimate of drug-likeness (QED) is 0.669. The van der Waals surface area contributed by atoms with E-state index in [9.17, 15) is 0 Å². The Balaban J connectivity index is 1.86. The van der Waals surface area contributed by atoms with Crippen LogP contribution in [-0.2, 0) is 6.42 Å². The summed E-state index contributed by atoms with van der Waals surface area (Å²) in [5.74, 6) is 13.1. The average molecular weight is 328 g/mol. The Bertz CT molecular complexity index is 788. The standard InChI is InChI=1S/C24H24O/c1-3-9-21-12-14-22(15-13-21)10-7-5-6-8-11-23-16-18-24(19-17-23)25-20-4-2/h5-6,12-19H,3-4,9,20H2,1-2H3. The SMILES string of the molecule is CCCOc1ccc(C#CC=CC#Cc2ccc(CCC)cc2)cc1. The van der Waals surface area contributed by atoms with Crippen molar-refractivity contribution in [3.8, 4) is 29.4 Å². The molecule has 0 fully saturated rings. The van der Waals surface area contributed by atoms with E-state index in [2.05, 4.69) is 61.8 Å². The van der Waals surface area contributed by atoms with Gasteiger partial charge in [-0.1, -0.05) is 56.1 Å². The Hall–Kier alpha value is -2.90. The van der Waals surface area contributed by atoms with Crippen LogP contribution in [0.4, 0.5) is 0 Å². The highest BCUT2D eigenvalue weighted by Crippen LogP contribution is 2.11. The average Bonchev–Trinajstić information content (AvgIpc) is 2.65. The van der Waals surface area contributed by atoms with Crippen LogP contribution >= 0.6 is 0 Å². The topological polar surface area (TPSA) is 9.23 Å². The van der Waals surface area contributed by atoms with Crippen molar-refractivity contribution in [3.05, 3.63) is 77.4 Å². The summed E-state index contributed by atoms with van der Waals surface area (Å²) >= 11 is 0. The maximum Gasteiger partial charge on any atom is 0.119 e. The minimum absolute atomic E-state index is 0.744. The minimum Gasteiger partial charge on any atom is -0.494 e. The molecule has 0 radical (unpaired) electrons. The Morgan fingerprint density at radius 2 is 1.32 bits per heavy atom. The molecule has 1 nitrogen and oxygen atoms in total. The van der Waals surface area contributed by atoms with Crippen molar-refractivity contribution in [3.63, 3.8) is 0 Å². The maximum absolute atomic E-state index is 5.55. The first-order valence-electron chi connectivity index (χ1n) is 8.81. The van der Waals surface area contributed by atoms with Gasteiger partial charge in [0, 0.05) is 11.1 Å². The van der Waals surface area contributed by atoms with Crippen molar-refractivity contribution in [1.82, 2.24) is 0 Å². The summed E-state index contributed by atoms with van der Waals surface area (Å²) in [7, 11) is 0. The first-order valence-corrected chi connectivity index (χ1v) is 8.81. The van der Waals surface area contributed by atoms with E-state index < -0.39 is 0 Å². The zero-order valence-electron chi connectivity index (χ0n) is 15.0. The van der Waals surface area contributed by atoms with Crippen LogP contribution in [0.15, 0.2) is 60.7 Å². The molecule has 0 N–H and O–H groups in total. The Morgan fingerprint density at radius 3 is 1.84 bits per heavy atom. The number of benzene rings is 2. The minimum atomic E-state index is 0.744. The highest BCUT2D eigenvalue weighted by molar-refractivity contribution is 5.42.